The number of nitrogens with zero attached hydrogens (tertiary/aromatic N) is 3. The van der Waals surface area contributed by atoms with Gasteiger partial charge in [0.25, 0.3) is 0 Å². The molecule has 120 valence electrons. The molecule has 21 heavy (non-hydrogen) atoms. The minimum absolute atomic E-state index is 0.708. The first-order valence-corrected chi connectivity index (χ1v) is 9.21. The van der Waals surface area contributed by atoms with Crippen LogP contribution in [0.4, 0.5) is 0 Å². The Morgan fingerprint density at radius 2 is 1.33 bits per heavy atom. The Morgan fingerprint density at radius 1 is 0.810 bits per heavy atom. The molecule has 4 rings (SSSR count). The van der Waals surface area contributed by atoms with Crippen molar-refractivity contribution in [2.24, 2.45) is 17.3 Å². The van der Waals surface area contributed by atoms with Gasteiger partial charge in [0.05, 0.1) is 0 Å². The molecule has 4 aliphatic rings. The third-order valence-corrected chi connectivity index (χ3v) is 6.99. The number of piperidine rings is 2. The molecule has 2 unspecified atom stereocenters. The summed E-state index contributed by atoms with van der Waals surface area (Å²) in [6.07, 6.45) is 2.89. The highest BCUT2D eigenvalue weighted by Gasteiger charge is 2.62. The van der Waals surface area contributed by atoms with Crippen LogP contribution in [-0.2, 0) is 0 Å². The quantitative estimate of drug-likeness (QED) is 0.789. The molecule has 1 aliphatic carbocycles. The molecule has 1 spiro atoms. The molecule has 0 aromatic carbocycles. The van der Waals surface area contributed by atoms with Gasteiger partial charge in [0.15, 0.2) is 0 Å². The molecule has 3 aliphatic heterocycles. The highest BCUT2D eigenvalue weighted by atomic mass is 15.3. The lowest BCUT2D eigenvalue weighted by atomic mass is 9.71. The van der Waals surface area contributed by atoms with Crippen LogP contribution in [0, 0.1) is 17.3 Å². The lowest BCUT2D eigenvalue weighted by Gasteiger charge is -2.55. The SMILES string of the molecule is CC(C)N1CCC2(CC1)CN(C1C3CN(C(C)C)CC31)C2. The summed E-state index contributed by atoms with van der Waals surface area (Å²) < 4.78 is 0. The molecule has 2 atom stereocenters. The van der Waals surface area contributed by atoms with E-state index < -0.39 is 0 Å². The van der Waals surface area contributed by atoms with Crippen molar-refractivity contribution in [1.29, 1.82) is 0 Å². The Hall–Kier alpha value is -0.120. The molecule has 3 saturated heterocycles. The highest BCUT2D eigenvalue weighted by Crippen LogP contribution is 2.54. The molecule has 3 nitrogen and oxygen atoms in total. The Labute approximate surface area is 130 Å². The van der Waals surface area contributed by atoms with Gasteiger partial charge in [0.1, 0.15) is 0 Å². The van der Waals surface area contributed by atoms with E-state index >= 15 is 0 Å². The summed E-state index contributed by atoms with van der Waals surface area (Å²) in [4.78, 5) is 8.20. The van der Waals surface area contributed by atoms with Crippen molar-refractivity contribution in [3.05, 3.63) is 0 Å². The smallest absolute Gasteiger partial charge is 0.0184 e. The number of hydrogen-bond donors (Lipinski definition) is 0. The number of fused-ring (bicyclic) bond motifs is 1. The predicted octanol–water partition coefficient (Wildman–Crippen LogP) is 2.13. The van der Waals surface area contributed by atoms with Gasteiger partial charge in [-0.3, -0.25) is 4.90 Å². The number of hydrogen-bond acceptors (Lipinski definition) is 3. The van der Waals surface area contributed by atoms with Crippen LogP contribution in [0.3, 0.4) is 0 Å². The van der Waals surface area contributed by atoms with E-state index in [9.17, 15) is 0 Å². The van der Waals surface area contributed by atoms with Crippen molar-refractivity contribution in [2.75, 3.05) is 39.3 Å². The molecule has 0 radical (unpaired) electrons. The molecule has 0 bridgehead atoms. The van der Waals surface area contributed by atoms with Crippen LogP contribution in [-0.4, -0.2) is 72.1 Å². The normalized spacial score (nSPS) is 40.0. The van der Waals surface area contributed by atoms with Crippen LogP contribution in [0.5, 0.6) is 0 Å². The Balaban J connectivity index is 1.25. The van der Waals surface area contributed by atoms with E-state index in [0.29, 0.717) is 5.41 Å². The summed E-state index contributed by atoms with van der Waals surface area (Å²) in [5.41, 5.74) is 0.708. The minimum atomic E-state index is 0.708. The largest absolute Gasteiger partial charge is 0.301 e. The van der Waals surface area contributed by atoms with E-state index in [-0.39, 0.29) is 0 Å². The van der Waals surface area contributed by atoms with Crippen molar-refractivity contribution in [1.82, 2.24) is 14.7 Å². The van der Waals surface area contributed by atoms with Gasteiger partial charge < -0.3 is 9.80 Å². The van der Waals surface area contributed by atoms with E-state index in [2.05, 4.69) is 42.4 Å². The standard InChI is InChI=1S/C18H33N3/c1-13(2)19-7-5-18(6-8-19)11-21(12-18)17-15-9-20(14(3)4)10-16(15)17/h13-17H,5-12H2,1-4H3. The average Bonchev–Trinajstić information content (AvgIpc) is 2.88. The average molecular weight is 291 g/mol. The van der Waals surface area contributed by atoms with E-state index in [4.69, 9.17) is 0 Å². The third kappa shape index (κ3) is 2.36. The fraction of sp³-hybridized carbons (Fsp3) is 1.00. The maximum atomic E-state index is 2.85. The number of rotatable bonds is 3. The predicted molar refractivity (Wildman–Crippen MR) is 87.4 cm³/mol. The molecule has 0 amide bonds. The zero-order chi connectivity index (χ0) is 14.8. The molecule has 3 heterocycles. The molecule has 0 aromatic heterocycles. The third-order valence-electron chi connectivity index (χ3n) is 6.99. The fourth-order valence-corrected chi connectivity index (χ4v) is 5.35. The fourth-order valence-electron chi connectivity index (χ4n) is 5.35. The molecule has 0 aromatic rings. The summed E-state index contributed by atoms with van der Waals surface area (Å²) in [6, 6.07) is 2.46. The summed E-state index contributed by atoms with van der Waals surface area (Å²) >= 11 is 0. The zero-order valence-electron chi connectivity index (χ0n) is 14.4. The van der Waals surface area contributed by atoms with Crippen LogP contribution in [0.2, 0.25) is 0 Å². The van der Waals surface area contributed by atoms with Crippen LogP contribution in [0.25, 0.3) is 0 Å². The van der Waals surface area contributed by atoms with Gasteiger partial charge in [-0.15, -0.1) is 0 Å². The van der Waals surface area contributed by atoms with Crippen molar-refractivity contribution in [2.45, 2.75) is 58.7 Å². The maximum absolute atomic E-state index is 2.85. The monoisotopic (exact) mass is 291 g/mol. The van der Waals surface area contributed by atoms with Crippen molar-refractivity contribution < 1.29 is 0 Å². The van der Waals surface area contributed by atoms with Crippen LogP contribution in [0.1, 0.15) is 40.5 Å². The lowest BCUT2D eigenvalue weighted by Crippen LogP contribution is -2.62. The molecular weight excluding hydrogens is 258 g/mol. The highest BCUT2D eigenvalue weighted by molar-refractivity contribution is 5.15. The van der Waals surface area contributed by atoms with Gasteiger partial charge in [-0.25, -0.2) is 0 Å². The topological polar surface area (TPSA) is 9.72 Å². The Morgan fingerprint density at radius 3 is 1.81 bits per heavy atom. The van der Waals surface area contributed by atoms with Crippen LogP contribution in [0.15, 0.2) is 0 Å². The van der Waals surface area contributed by atoms with Gasteiger partial charge in [0.2, 0.25) is 0 Å². The van der Waals surface area contributed by atoms with Crippen molar-refractivity contribution in [3.8, 4) is 0 Å². The molecular formula is C18H33N3. The van der Waals surface area contributed by atoms with Crippen LogP contribution >= 0.6 is 0 Å². The summed E-state index contributed by atoms with van der Waals surface area (Å²) in [7, 11) is 0. The maximum Gasteiger partial charge on any atom is 0.0184 e. The first-order chi connectivity index (χ1) is 9.99. The van der Waals surface area contributed by atoms with E-state index in [0.717, 1.165) is 30.0 Å². The van der Waals surface area contributed by atoms with Gasteiger partial charge in [0, 0.05) is 44.3 Å². The van der Waals surface area contributed by atoms with E-state index in [1.807, 2.05) is 0 Å². The second-order valence-corrected chi connectivity index (χ2v) is 8.90. The second kappa shape index (κ2) is 4.94. The van der Waals surface area contributed by atoms with Crippen molar-refractivity contribution in [3.63, 3.8) is 0 Å². The molecule has 4 fully saturated rings. The molecule has 3 heteroatoms. The Kier molecular flexibility index (Phi) is 3.40. The van der Waals surface area contributed by atoms with E-state index in [1.54, 1.807) is 0 Å². The summed E-state index contributed by atoms with van der Waals surface area (Å²) in [5.74, 6) is 2.03. The lowest BCUT2D eigenvalue weighted by molar-refractivity contribution is -0.0631. The first kappa shape index (κ1) is 14.5. The second-order valence-electron chi connectivity index (χ2n) is 8.90. The van der Waals surface area contributed by atoms with Crippen LogP contribution < -0.4 is 0 Å². The number of likely N-dealkylation sites (tertiary alicyclic amines) is 3. The molecule has 0 N–H and O–H groups in total. The van der Waals surface area contributed by atoms with Gasteiger partial charge in [-0.1, -0.05) is 0 Å². The van der Waals surface area contributed by atoms with Gasteiger partial charge in [-0.05, 0) is 70.9 Å². The minimum Gasteiger partial charge on any atom is -0.301 e. The Bertz CT molecular complexity index is 377. The van der Waals surface area contributed by atoms with Crippen molar-refractivity contribution >= 4 is 0 Å². The summed E-state index contributed by atoms with van der Waals surface area (Å²) in [6.45, 7) is 17.6. The molecule has 1 saturated carbocycles. The van der Waals surface area contributed by atoms with E-state index in [1.165, 1.54) is 52.1 Å². The van der Waals surface area contributed by atoms with Gasteiger partial charge in [-0.2, -0.15) is 0 Å². The summed E-state index contributed by atoms with van der Waals surface area (Å²) in [5, 5.41) is 0. The first-order valence-electron chi connectivity index (χ1n) is 9.21. The zero-order valence-corrected chi connectivity index (χ0v) is 14.4. The van der Waals surface area contributed by atoms with Gasteiger partial charge >= 0.3 is 0 Å².